The molecule has 48 heavy (non-hydrogen) atoms. The molecule has 0 bridgehead atoms. The summed E-state index contributed by atoms with van der Waals surface area (Å²) in [6, 6.07) is 20.2. The zero-order valence-corrected chi connectivity index (χ0v) is 30.5. The fourth-order valence-corrected chi connectivity index (χ4v) is 5.81. The van der Waals surface area contributed by atoms with E-state index < -0.39 is 36.1 Å². The van der Waals surface area contributed by atoms with Gasteiger partial charge in [-0.3, -0.25) is 4.79 Å². The van der Waals surface area contributed by atoms with E-state index in [9.17, 15) is 4.79 Å². The van der Waals surface area contributed by atoms with Gasteiger partial charge in [-0.2, -0.15) is 0 Å². The van der Waals surface area contributed by atoms with Gasteiger partial charge >= 0.3 is 5.97 Å². The van der Waals surface area contributed by atoms with E-state index in [4.69, 9.17) is 28.4 Å². The van der Waals surface area contributed by atoms with E-state index in [1.807, 2.05) is 69.3 Å². The lowest BCUT2D eigenvalue weighted by atomic mass is 9.96. The summed E-state index contributed by atoms with van der Waals surface area (Å²) >= 11 is 0. The van der Waals surface area contributed by atoms with Gasteiger partial charge in [-0.1, -0.05) is 139 Å². The molecule has 0 radical (unpaired) electrons. The number of carbonyl (C=O) groups is 1. The van der Waals surface area contributed by atoms with Gasteiger partial charge in [-0.15, -0.1) is 0 Å². The predicted octanol–water partition coefficient (Wildman–Crippen LogP) is 9.59. The maximum Gasteiger partial charge on any atom is 0.311 e. The molecular weight excluding hydrogens is 604 g/mol. The SMILES string of the molecule is CCCCCCCCO[C@H]1O[C@H](COC(=O)C(C)(C)C)[C@H](OCc2ccccc2)[C@H](OCCCCCCCC)[C@H]1OCc1ccccc1. The molecule has 0 saturated carbocycles. The summed E-state index contributed by atoms with van der Waals surface area (Å²) in [6.45, 7) is 11.9. The first kappa shape index (κ1) is 40.1. The van der Waals surface area contributed by atoms with Gasteiger partial charge in [0.05, 0.1) is 18.6 Å². The molecule has 3 rings (SSSR count). The number of rotatable bonds is 24. The third-order valence-corrected chi connectivity index (χ3v) is 8.74. The van der Waals surface area contributed by atoms with E-state index in [1.54, 1.807) is 0 Å². The molecule has 1 aliphatic heterocycles. The molecule has 2 aromatic rings. The maximum absolute atomic E-state index is 12.9. The van der Waals surface area contributed by atoms with E-state index in [-0.39, 0.29) is 12.6 Å². The monoisotopic (exact) mass is 668 g/mol. The lowest BCUT2D eigenvalue weighted by Gasteiger charge is -2.45. The fraction of sp³-hybridized carbons (Fsp3) is 0.683. The first-order valence-corrected chi connectivity index (χ1v) is 18.7. The van der Waals surface area contributed by atoms with Crippen LogP contribution in [0.2, 0.25) is 0 Å². The Balaban J connectivity index is 1.85. The number of hydrogen-bond donors (Lipinski definition) is 0. The van der Waals surface area contributed by atoms with Crippen LogP contribution in [0.5, 0.6) is 0 Å². The van der Waals surface area contributed by atoms with Crippen LogP contribution in [-0.2, 0) is 46.4 Å². The van der Waals surface area contributed by atoms with Crippen LogP contribution in [0.3, 0.4) is 0 Å². The first-order valence-electron chi connectivity index (χ1n) is 18.7. The Hall–Kier alpha value is -2.29. The van der Waals surface area contributed by atoms with Crippen molar-refractivity contribution < 1.29 is 33.2 Å². The Bertz CT molecular complexity index is 1090. The Morgan fingerprint density at radius 2 is 1.08 bits per heavy atom. The predicted molar refractivity (Wildman–Crippen MR) is 192 cm³/mol. The third kappa shape index (κ3) is 15.1. The van der Waals surface area contributed by atoms with Crippen molar-refractivity contribution in [3.05, 3.63) is 71.8 Å². The van der Waals surface area contributed by atoms with Crippen LogP contribution in [0.15, 0.2) is 60.7 Å². The molecule has 0 aliphatic carbocycles. The minimum atomic E-state index is -0.700. The van der Waals surface area contributed by atoms with Gasteiger partial charge in [0, 0.05) is 13.2 Å². The summed E-state index contributed by atoms with van der Waals surface area (Å²) in [7, 11) is 0. The van der Waals surface area contributed by atoms with E-state index in [1.165, 1.54) is 51.4 Å². The van der Waals surface area contributed by atoms with Crippen LogP contribution in [0, 0.1) is 5.41 Å². The Morgan fingerprint density at radius 3 is 1.60 bits per heavy atom. The second kappa shape index (κ2) is 23.2. The summed E-state index contributed by atoms with van der Waals surface area (Å²) in [5.41, 5.74) is 1.46. The third-order valence-electron chi connectivity index (χ3n) is 8.74. The molecule has 1 saturated heterocycles. The van der Waals surface area contributed by atoms with Crippen molar-refractivity contribution in [2.24, 2.45) is 5.41 Å². The highest BCUT2D eigenvalue weighted by molar-refractivity contribution is 5.75. The van der Waals surface area contributed by atoms with Gasteiger partial charge in [-0.05, 0) is 44.7 Å². The zero-order chi connectivity index (χ0) is 34.5. The second-order valence-electron chi connectivity index (χ2n) is 14.2. The highest BCUT2D eigenvalue weighted by Crippen LogP contribution is 2.32. The largest absolute Gasteiger partial charge is 0.462 e. The van der Waals surface area contributed by atoms with Crippen LogP contribution in [-0.4, -0.2) is 56.5 Å². The Morgan fingerprint density at radius 1 is 0.604 bits per heavy atom. The summed E-state index contributed by atoms with van der Waals surface area (Å²) in [6.07, 6.45) is 11.1. The van der Waals surface area contributed by atoms with Crippen LogP contribution in [0.25, 0.3) is 0 Å². The van der Waals surface area contributed by atoms with Gasteiger partial charge in [0.2, 0.25) is 0 Å². The van der Waals surface area contributed by atoms with Gasteiger partial charge in [0.1, 0.15) is 31.0 Å². The molecule has 270 valence electrons. The molecule has 0 unspecified atom stereocenters. The first-order chi connectivity index (χ1) is 23.3. The smallest absolute Gasteiger partial charge is 0.311 e. The van der Waals surface area contributed by atoms with E-state index in [0.717, 1.165) is 36.8 Å². The van der Waals surface area contributed by atoms with E-state index in [0.29, 0.717) is 26.4 Å². The number of benzene rings is 2. The molecule has 7 nitrogen and oxygen atoms in total. The van der Waals surface area contributed by atoms with Crippen LogP contribution in [0.4, 0.5) is 0 Å². The number of hydrogen-bond acceptors (Lipinski definition) is 7. The molecule has 0 N–H and O–H groups in total. The van der Waals surface area contributed by atoms with Crippen molar-refractivity contribution in [1.82, 2.24) is 0 Å². The highest BCUT2D eigenvalue weighted by atomic mass is 16.7. The second-order valence-corrected chi connectivity index (χ2v) is 14.2. The van der Waals surface area contributed by atoms with Gasteiger partial charge in [0.15, 0.2) is 6.29 Å². The van der Waals surface area contributed by atoms with Crippen molar-refractivity contribution in [3.63, 3.8) is 0 Å². The van der Waals surface area contributed by atoms with Gasteiger partial charge < -0.3 is 28.4 Å². The minimum absolute atomic E-state index is 0.0364. The lowest BCUT2D eigenvalue weighted by molar-refractivity contribution is -0.326. The Kier molecular flexibility index (Phi) is 19.4. The number of unbranched alkanes of at least 4 members (excludes halogenated alkanes) is 10. The average Bonchev–Trinajstić information content (AvgIpc) is 3.09. The molecule has 0 aromatic heterocycles. The van der Waals surface area contributed by atoms with Crippen LogP contribution < -0.4 is 0 Å². The summed E-state index contributed by atoms with van der Waals surface area (Å²) in [5, 5.41) is 0. The zero-order valence-electron chi connectivity index (χ0n) is 30.5. The summed E-state index contributed by atoms with van der Waals surface area (Å²) in [4.78, 5) is 12.9. The molecule has 2 aromatic carbocycles. The number of ether oxygens (including phenoxy) is 6. The average molecular weight is 669 g/mol. The lowest BCUT2D eigenvalue weighted by Crippen LogP contribution is -2.62. The van der Waals surface area contributed by atoms with Crippen molar-refractivity contribution in [2.75, 3.05) is 19.8 Å². The Labute approximate surface area is 291 Å². The molecule has 7 heteroatoms. The van der Waals surface area contributed by atoms with Crippen molar-refractivity contribution >= 4 is 5.97 Å². The normalized spacial score (nSPS) is 21.3. The maximum atomic E-state index is 12.9. The molecule has 1 heterocycles. The number of esters is 1. The minimum Gasteiger partial charge on any atom is -0.462 e. The molecule has 1 fully saturated rings. The highest BCUT2D eigenvalue weighted by Gasteiger charge is 2.49. The topological polar surface area (TPSA) is 72.5 Å². The van der Waals surface area contributed by atoms with Gasteiger partial charge in [-0.25, -0.2) is 0 Å². The number of carbonyl (C=O) groups excluding carboxylic acids is 1. The van der Waals surface area contributed by atoms with Crippen molar-refractivity contribution in [1.29, 1.82) is 0 Å². The summed E-state index contributed by atoms with van der Waals surface area (Å²) < 4.78 is 39.1. The molecule has 0 spiro atoms. The van der Waals surface area contributed by atoms with E-state index >= 15 is 0 Å². The quantitative estimate of drug-likeness (QED) is 0.0815. The molecule has 5 atom stereocenters. The van der Waals surface area contributed by atoms with E-state index in [2.05, 4.69) is 26.0 Å². The molecule has 0 amide bonds. The van der Waals surface area contributed by atoms with Gasteiger partial charge in [0.25, 0.3) is 0 Å². The van der Waals surface area contributed by atoms with Crippen molar-refractivity contribution in [2.45, 2.75) is 156 Å². The fourth-order valence-electron chi connectivity index (χ4n) is 5.81. The molecule has 1 aliphatic rings. The molecular formula is C41H64O7. The van der Waals surface area contributed by atoms with Crippen LogP contribution >= 0.6 is 0 Å². The summed E-state index contributed by atoms with van der Waals surface area (Å²) in [5.74, 6) is -0.288. The van der Waals surface area contributed by atoms with Crippen LogP contribution in [0.1, 0.15) is 123 Å². The standard InChI is InChI=1S/C41H64O7/c1-6-8-10-12-14-22-28-43-37-36(45-30-33-24-18-16-19-25-33)35(32-47-40(42)41(3,4)5)48-39(44-29-23-15-13-11-9-7-2)38(37)46-31-34-26-20-17-21-27-34/h16-21,24-27,35-39H,6-15,22-23,28-32H2,1-5H3/t35-,36+,37+,38-,39+/m1/s1. The van der Waals surface area contributed by atoms with Crippen molar-refractivity contribution in [3.8, 4) is 0 Å².